The molecule has 3 rings (SSSR count). The van der Waals surface area contributed by atoms with Crippen molar-refractivity contribution in [2.24, 2.45) is 0 Å². The normalized spacial score (nSPS) is 11.3. The van der Waals surface area contributed by atoms with Gasteiger partial charge < -0.3 is 19.7 Å². The number of carboxylic acid groups (broad SMARTS) is 1. The second kappa shape index (κ2) is 8.13. The molecule has 0 radical (unpaired) electrons. The summed E-state index contributed by atoms with van der Waals surface area (Å²) in [5, 5.41) is 19.8. The summed E-state index contributed by atoms with van der Waals surface area (Å²) in [6.45, 7) is 5.11. The van der Waals surface area contributed by atoms with Crippen LogP contribution in [0.15, 0.2) is 41.2 Å². The van der Waals surface area contributed by atoms with Crippen molar-refractivity contribution in [3.05, 3.63) is 53.9 Å². The van der Waals surface area contributed by atoms with Crippen molar-refractivity contribution in [2.45, 2.75) is 39.3 Å². The molecular formula is C19H21N5O5. The highest BCUT2D eigenvalue weighted by Crippen LogP contribution is 2.19. The fourth-order valence-electron chi connectivity index (χ4n) is 2.34. The Hall–Kier alpha value is -3.69. The number of ether oxygens (including phenoxy) is 1. The molecule has 0 unspecified atom stereocenters. The van der Waals surface area contributed by atoms with Crippen molar-refractivity contribution >= 4 is 17.6 Å². The van der Waals surface area contributed by atoms with Gasteiger partial charge in [-0.3, -0.25) is 9.48 Å². The van der Waals surface area contributed by atoms with E-state index in [1.807, 2.05) is 6.92 Å². The van der Waals surface area contributed by atoms with Gasteiger partial charge in [-0.2, -0.15) is 10.1 Å². The van der Waals surface area contributed by atoms with Gasteiger partial charge in [0.15, 0.2) is 12.1 Å². The van der Waals surface area contributed by atoms with Crippen LogP contribution in [0.25, 0.3) is 0 Å². The van der Waals surface area contributed by atoms with Crippen LogP contribution in [0.4, 0.5) is 5.69 Å². The van der Waals surface area contributed by atoms with Crippen LogP contribution in [0.5, 0.6) is 5.75 Å². The molecule has 0 aliphatic carbocycles. The highest BCUT2D eigenvalue weighted by molar-refractivity contribution is 6.04. The van der Waals surface area contributed by atoms with E-state index in [0.29, 0.717) is 35.1 Å². The number of nitrogens with zero attached hydrogens (tertiary/aromatic N) is 4. The van der Waals surface area contributed by atoms with Crippen LogP contribution in [-0.2, 0) is 23.4 Å². The number of hydrogen-bond acceptors (Lipinski definition) is 7. The van der Waals surface area contributed by atoms with Crippen LogP contribution in [0.2, 0.25) is 0 Å². The van der Waals surface area contributed by atoms with Gasteiger partial charge in [-0.1, -0.05) is 12.1 Å². The predicted molar refractivity (Wildman–Crippen MR) is 102 cm³/mol. The largest absolute Gasteiger partial charge is 0.485 e. The Kier molecular flexibility index (Phi) is 5.62. The Bertz CT molecular complexity index is 1010. The number of carbonyl (C=O) groups is 2. The molecule has 2 N–H and O–H groups in total. The van der Waals surface area contributed by atoms with Gasteiger partial charge in [-0.25, -0.2) is 4.79 Å². The molecule has 0 saturated heterocycles. The molecule has 0 bridgehead atoms. The van der Waals surface area contributed by atoms with Crippen molar-refractivity contribution in [3.63, 3.8) is 0 Å². The molecule has 0 aliphatic rings. The molecule has 152 valence electrons. The summed E-state index contributed by atoms with van der Waals surface area (Å²) in [4.78, 5) is 27.8. The quantitative estimate of drug-likeness (QED) is 0.590. The summed E-state index contributed by atoms with van der Waals surface area (Å²) in [6.07, 6.45) is 3.53. The number of rotatable bonds is 8. The van der Waals surface area contributed by atoms with Gasteiger partial charge in [-0.15, -0.1) is 0 Å². The first-order valence-corrected chi connectivity index (χ1v) is 8.94. The lowest BCUT2D eigenvalue weighted by atomic mass is 10.1. The molecule has 0 fully saturated rings. The average molecular weight is 399 g/mol. The van der Waals surface area contributed by atoms with E-state index in [1.54, 1.807) is 24.3 Å². The Morgan fingerprint density at radius 1 is 1.28 bits per heavy atom. The predicted octanol–water partition coefficient (Wildman–Crippen LogP) is 2.48. The van der Waals surface area contributed by atoms with Gasteiger partial charge in [0.1, 0.15) is 5.75 Å². The maximum absolute atomic E-state index is 12.4. The number of aryl methyl sites for hydroxylation is 1. The van der Waals surface area contributed by atoms with E-state index in [1.165, 1.54) is 30.9 Å². The molecule has 2 aromatic heterocycles. The lowest BCUT2D eigenvalue weighted by Crippen LogP contribution is -2.35. The van der Waals surface area contributed by atoms with Crippen LogP contribution in [0.1, 0.15) is 42.8 Å². The number of hydrogen-bond donors (Lipinski definition) is 2. The zero-order chi connectivity index (χ0) is 21.0. The Labute approximate surface area is 166 Å². The molecule has 10 heteroatoms. The van der Waals surface area contributed by atoms with Gasteiger partial charge >= 0.3 is 5.97 Å². The number of carbonyl (C=O) groups excluding carboxylic acids is 1. The third-order valence-corrected chi connectivity index (χ3v) is 4.23. The lowest BCUT2D eigenvalue weighted by molar-refractivity contribution is -0.146. The van der Waals surface area contributed by atoms with E-state index >= 15 is 0 Å². The topological polar surface area (TPSA) is 132 Å². The Balaban J connectivity index is 1.59. The molecule has 0 saturated carbocycles. The summed E-state index contributed by atoms with van der Waals surface area (Å²) < 4.78 is 11.9. The summed E-state index contributed by atoms with van der Waals surface area (Å²) >= 11 is 0. The van der Waals surface area contributed by atoms with Crippen LogP contribution in [0.3, 0.4) is 0 Å². The Morgan fingerprint density at radius 3 is 2.62 bits per heavy atom. The second-order valence-electron chi connectivity index (χ2n) is 6.76. The van der Waals surface area contributed by atoms with E-state index in [2.05, 4.69) is 20.6 Å². The van der Waals surface area contributed by atoms with Crippen LogP contribution >= 0.6 is 0 Å². The zero-order valence-electron chi connectivity index (χ0n) is 16.2. The fourth-order valence-corrected chi connectivity index (χ4v) is 2.34. The van der Waals surface area contributed by atoms with Crippen molar-refractivity contribution in [3.8, 4) is 5.75 Å². The SMILES string of the molecule is CCc1nc(COc2ccc(C(=O)Nc3cnn(C(C)(C)C(=O)O)c3)cc2)no1. The number of aliphatic carboxylic acids is 1. The maximum Gasteiger partial charge on any atom is 0.331 e. The number of benzene rings is 1. The van der Waals surface area contributed by atoms with E-state index in [9.17, 15) is 14.7 Å². The molecule has 29 heavy (non-hydrogen) atoms. The average Bonchev–Trinajstić information content (AvgIpc) is 3.36. The zero-order valence-corrected chi connectivity index (χ0v) is 16.2. The van der Waals surface area contributed by atoms with Crippen molar-refractivity contribution < 1.29 is 24.0 Å². The summed E-state index contributed by atoms with van der Waals surface area (Å²) in [5.74, 6) is 0.173. The van der Waals surface area contributed by atoms with E-state index < -0.39 is 11.5 Å². The standard InChI is InChI=1S/C19H21N5O5/c1-4-16-22-15(23-29-16)11-28-14-7-5-12(6-8-14)17(25)21-13-9-20-24(10-13)19(2,3)18(26)27/h5-10H,4,11H2,1-3H3,(H,21,25)(H,26,27). The minimum absolute atomic E-state index is 0.160. The first-order valence-electron chi connectivity index (χ1n) is 8.94. The third-order valence-electron chi connectivity index (χ3n) is 4.23. The summed E-state index contributed by atoms with van der Waals surface area (Å²) in [6, 6.07) is 6.55. The lowest BCUT2D eigenvalue weighted by Gasteiger charge is -2.19. The number of carboxylic acids is 1. The molecule has 0 atom stereocenters. The van der Waals surface area contributed by atoms with Crippen LogP contribution in [-0.4, -0.2) is 36.9 Å². The molecule has 0 spiro atoms. The minimum atomic E-state index is -1.22. The number of amides is 1. The molecular weight excluding hydrogens is 378 g/mol. The molecule has 10 nitrogen and oxygen atoms in total. The fraction of sp³-hybridized carbons (Fsp3) is 0.316. The van der Waals surface area contributed by atoms with Gasteiger partial charge in [0.05, 0.1) is 11.9 Å². The highest BCUT2D eigenvalue weighted by atomic mass is 16.5. The second-order valence-corrected chi connectivity index (χ2v) is 6.76. The van der Waals surface area contributed by atoms with Crippen molar-refractivity contribution in [1.82, 2.24) is 19.9 Å². The third kappa shape index (κ3) is 4.60. The van der Waals surface area contributed by atoms with Crippen LogP contribution < -0.4 is 10.1 Å². The van der Waals surface area contributed by atoms with Crippen molar-refractivity contribution in [2.75, 3.05) is 5.32 Å². The van der Waals surface area contributed by atoms with Gasteiger partial charge in [0.25, 0.3) is 5.91 Å². The molecule has 1 aromatic carbocycles. The first-order chi connectivity index (χ1) is 13.8. The van der Waals surface area contributed by atoms with Crippen LogP contribution in [0, 0.1) is 0 Å². The van der Waals surface area contributed by atoms with Crippen molar-refractivity contribution in [1.29, 1.82) is 0 Å². The highest BCUT2D eigenvalue weighted by Gasteiger charge is 2.30. The first kappa shape index (κ1) is 20.1. The smallest absolute Gasteiger partial charge is 0.331 e. The molecule has 1 amide bonds. The number of aromatic nitrogens is 4. The van der Waals surface area contributed by atoms with Gasteiger partial charge in [0.2, 0.25) is 11.7 Å². The molecule has 3 aromatic rings. The van der Waals surface area contributed by atoms with E-state index in [4.69, 9.17) is 9.26 Å². The monoisotopic (exact) mass is 399 g/mol. The van der Waals surface area contributed by atoms with Gasteiger partial charge in [0, 0.05) is 18.2 Å². The van der Waals surface area contributed by atoms with E-state index in [-0.39, 0.29) is 12.5 Å². The molecule has 2 heterocycles. The number of nitrogens with one attached hydrogen (secondary N) is 1. The minimum Gasteiger partial charge on any atom is -0.485 e. The van der Waals surface area contributed by atoms with E-state index in [0.717, 1.165) is 0 Å². The van der Waals surface area contributed by atoms with Gasteiger partial charge in [-0.05, 0) is 38.1 Å². The molecule has 0 aliphatic heterocycles. The maximum atomic E-state index is 12.4. The number of anilines is 1. The summed E-state index contributed by atoms with van der Waals surface area (Å²) in [5.41, 5.74) is -0.414. The Morgan fingerprint density at radius 2 is 2.00 bits per heavy atom. The summed E-state index contributed by atoms with van der Waals surface area (Å²) in [7, 11) is 0.